The van der Waals surface area contributed by atoms with E-state index in [1.165, 1.54) is 12.1 Å². The quantitative estimate of drug-likeness (QED) is 0.661. The maximum atomic E-state index is 13.8. The van der Waals surface area contributed by atoms with Crippen LogP contribution in [0.1, 0.15) is 24.4 Å². The van der Waals surface area contributed by atoms with Crippen LogP contribution >= 0.6 is 11.6 Å². The van der Waals surface area contributed by atoms with Crippen LogP contribution in [0.4, 0.5) is 4.39 Å². The molecule has 0 saturated carbocycles. The van der Waals surface area contributed by atoms with Crippen LogP contribution in [0.5, 0.6) is 0 Å². The number of nitrogens with two attached hydrogens (primary N) is 1. The van der Waals surface area contributed by atoms with E-state index < -0.39 is 6.04 Å². The minimum absolute atomic E-state index is 0.368. The topological polar surface area (TPSA) is 55.9 Å². The molecule has 1 heterocycles. The molecule has 1 aromatic heterocycles. The lowest BCUT2D eigenvalue weighted by atomic mass is 10.1. The van der Waals surface area contributed by atoms with Gasteiger partial charge in [0, 0.05) is 29.5 Å². The van der Waals surface area contributed by atoms with E-state index in [2.05, 4.69) is 10.4 Å². The van der Waals surface area contributed by atoms with Gasteiger partial charge in [-0.2, -0.15) is 0 Å². The third-order valence-electron chi connectivity index (χ3n) is 2.78. The Balaban J connectivity index is 2.48. The molecule has 0 radical (unpaired) electrons. The average molecular weight is 269 g/mol. The van der Waals surface area contributed by atoms with Crippen molar-refractivity contribution in [3.63, 3.8) is 0 Å². The Kier molecular flexibility index (Phi) is 3.96. The summed E-state index contributed by atoms with van der Waals surface area (Å²) in [5, 5.41) is 0.459. The van der Waals surface area contributed by atoms with Crippen molar-refractivity contribution in [1.29, 1.82) is 0 Å². The number of aryl methyl sites for hydroxylation is 1. The molecule has 2 rings (SSSR count). The summed E-state index contributed by atoms with van der Waals surface area (Å²) < 4.78 is 15.7. The summed E-state index contributed by atoms with van der Waals surface area (Å²) in [5.74, 6) is 5.81. The van der Waals surface area contributed by atoms with Crippen molar-refractivity contribution in [2.75, 3.05) is 0 Å². The van der Waals surface area contributed by atoms with E-state index in [9.17, 15) is 4.39 Å². The molecule has 6 heteroatoms. The van der Waals surface area contributed by atoms with Gasteiger partial charge in [-0.3, -0.25) is 5.84 Å². The molecule has 2 aromatic rings. The molecule has 0 aliphatic carbocycles. The first-order valence-electron chi connectivity index (χ1n) is 5.59. The molecule has 96 valence electrons. The summed E-state index contributed by atoms with van der Waals surface area (Å²) in [6, 6.07) is 3.84. The van der Waals surface area contributed by atoms with Crippen molar-refractivity contribution in [3.05, 3.63) is 52.8 Å². The third kappa shape index (κ3) is 2.38. The van der Waals surface area contributed by atoms with Gasteiger partial charge >= 0.3 is 0 Å². The number of rotatable bonds is 4. The Morgan fingerprint density at radius 2 is 2.33 bits per heavy atom. The summed E-state index contributed by atoms with van der Waals surface area (Å²) in [6.45, 7) is 2.71. The molecule has 0 aliphatic heterocycles. The fourth-order valence-corrected chi connectivity index (χ4v) is 2.07. The highest BCUT2D eigenvalue weighted by molar-refractivity contribution is 6.30. The highest BCUT2D eigenvalue weighted by atomic mass is 35.5. The second kappa shape index (κ2) is 5.48. The van der Waals surface area contributed by atoms with Gasteiger partial charge in [-0.05, 0) is 25.1 Å². The summed E-state index contributed by atoms with van der Waals surface area (Å²) in [4.78, 5) is 4.22. The van der Waals surface area contributed by atoms with Gasteiger partial charge in [0.25, 0.3) is 0 Å². The average Bonchev–Trinajstić information content (AvgIpc) is 2.83. The minimum Gasteiger partial charge on any atom is -0.334 e. The number of nitrogens with one attached hydrogen (secondary N) is 1. The maximum absolute atomic E-state index is 13.8. The molecule has 0 aliphatic rings. The number of halogens is 2. The van der Waals surface area contributed by atoms with Gasteiger partial charge in [0.05, 0.1) is 0 Å². The maximum Gasteiger partial charge on any atom is 0.131 e. The molecule has 1 unspecified atom stereocenters. The first-order chi connectivity index (χ1) is 8.67. The van der Waals surface area contributed by atoms with Crippen LogP contribution in [-0.4, -0.2) is 9.55 Å². The number of hydrogen-bond acceptors (Lipinski definition) is 3. The number of imidazole rings is 1. The van der Waals surface area contributed by atoms with E-state index in [1.54, 1.807) is 12.3 Å². The molecule has 0 amide bonds. The third-order valence-corrected chi connectivity index (χ3v) is 3.02. The van der Waals surface area contributed by atoms with Crippen molar-refractivity contribution in [2.24, 2.45) is 5.84 Å². The Labute approximate surface area is 110 Å². The van der Waals surface area contributed by atoms with E-state index in [4.69, 9.17) is 17.4 Å². The predicted molar refractivity (Wildman–Crippen MR) is 68.5 cm³/mol. The molecular formula is C12H14ClFN4. The predicted octanol–water partition coefficient (Wildman–Crippen LogP) is 2.25. The molecule has 18 heavy (non-hydrogen) atoms. The number of hydrazine groups is 1. The van der Waals surface area contributed by atoms with Crippen LogP contribution < -0.4 is 11.3 Å². The van der Waals surface area contributed by atoms with Crippen molar-refractivity contribution in [1.82, 2.24) is 15.0 Å². The zero-order chi connectivity index (χ0) is 13.1. The van der Waals surface area contributed by atoms with Crippen molar-refractivity contribution in [2.45, 2.75) is 19.5 Å². The zero-order valence-electron chi connectivity index (χ0n) is 9.90. The lowest BCUT2D eigenvalue weighted by Crippen LogP contribution is -2.31. The van der Waals surface area contributed by atoms with E-state index in [0.29, 0.717) is 16.4 Å². The van der Waals surface area contributed by atoms with Gasteiger partial charge in [0.15, 0.2) is 0 Å². The highest BCUT2D eigenvalue weighted by Gasteiger charge is 2.21. The van der Waals surface area contributed by atoms with Crippen LogP contribution in [0, 0.1) is 5.82 Å². The lowest BCUT2D eigenvalue weighted by Gasteiger charge is -2.18. The van der Waals surface area contributed by atoms with Gasteiger partial charge in [-0.15, -0.1) is 0 Å². The normalized spacial score (nSPS) is 12.7. The number of hydrogen-bond donors (Lipinski definition) is 2. The number of nitrogens with zero attached hydrogens (tertiary/aromatic N) is 2. The fourth-order valence-electron chi connectivity index (χ4n) is 1.89. The van der Waals surface area contributed by atoms with Gasteiger partial charge in [0.2, 0.25) is 0 Å². The second-order valence-electron chi connectivity index (χ2n) is 3.84. The van der Waals surface area contributed by atoms with Crippen LogP contribution in [-0.2, 0) is 6.54 Å². The van der Waals surface area contributed by atoms with Crippen molar-refractivity contribution in [3.8, 4) is 0 Å². The van der Waals surface area contributed by atoms with E-state index >= 15 is 0 Å². The molecule has 0 bridgehead atoms. The molecule has 1 atom stereocenters. The monoisotopic (exact) mass is 268 g/mol. The Hall–Kier alpha value is -1.43. The minimum atomic E-state index is -0.529. The van der Waals surface area contributed by atoms with Crippen LogP contribution in [0.2, 0.25) is 5.02 Å². The van der Waals surface area contributed by atoms with Crippen molar-refractivity contribution < 1.29 is 4.39 Å². The summed E-state index contributed by atoms with van der Waals surface area (Å²) >= 11 is 5.89. The molecule has 0 saturated heterocycles. The van der Waals surface area contributed by atoms with Gasteiger partial charge in [0.1, 0.15) is 17.7 Å². The number of benzene rings is 1. The number of aromatic nitrogens is 2. The Bertz CT molecular complexity index is 541. The summed E-state index contributed by atoms with van der Waals surface area (Å²) in [5.41, 5.74) is 2.96. The lowest BCUT2D eigenvalue weighted by molar-refractivity contribution is 0.523. The zero-order valence-corrected chi connectivity index (χ0v) is 10.7. The Morgan fingerprint density at radius 1 is 1.56 bits per heavy atom. The molecule has 4 nitrogen and oxygen atoms in total. The first-order valence-corrected chi connectivity index (χ1v) is 5.97. The van der Waals surface area contributed by atoms with Gasteiger partial charge in [-0.1, -0.05) is 11.6 Å². The Morgan fingerprint density at radius 3 is 3.00 bits per heavy atom. The molecule has 0 fully saturated rings. The van der Waals surface area contributed by atoms with E-state index in [1.807, 2.05) is 17.7 Å². The van der Waals surface area contributed by atoms with E-state index in [-0.39, 0.29) is 5.82 Å². The van der Waals surface area contributed by atoms with Gasteiger partial charge in [-0.25, -0.2) is 14.8 Å². The summed E-state index contributed by atoms with van der Waals surface area (Å²) in [7, 11) is 0. The van der Waals surface area contributed by atoms with Crippen LogP contribution in [0.3, 0.4) is 0 Å². The molecular weight excluding hydrogens is 255 g/mol. The van der Waals surface area contributed by atoms with Crippen molar-refractivity contribution >= 4 is 11.6 Å². The first kappa shape index (κ1) is 13.0. The molecule has 3 N–H and O–H groups in total. The standard InChI is InChI=1S/C12H14ClFN4/c1-2-18-6-5-16-12(18)11(17-15)9-7-8(13)3-4-10(9)14/h3-7,11,17H,2,15H2,1H3. The molecule has 1 aromatic carbocycles. The van der Waals surface area contributed by atoms with Gasteiger partial charge < -0.3 is 4.57 Å². The fraction of sp³-hybridized carbons (Fsp3) is 0.250. The smallest absolute Gasteiger partial charge is 0.131 e. The largest absolute Gasteiger partial charge is 0.334 e. The van der Waals surface area contributed by atoms with Crippen LogP contribution in [0.25, 0.3) is 0 Å². The molecule has 0 spiro atoms. The summed E-state index contributed by atoms with van der Waals surface area (Å²) in [6.07, 6.45) is 3.48. The SMILES string of the molecule is CCn1ccnc1C(NN)c1cc(Cl)ccc1F. The highest BCUT2D eigenvalue weighted by Crippen LogP contribution is 2.25. The van der Waals surface area contributed by atoms with Crippen LogP contribution in [0.15, 0.2) is 30.6 Å². The van der Waals surface area contributed by atoms with E-state index in [0.717, 1.165) is 6.54 Å². The second-order valence-corrected chi connectivity index (χ2v) is 4.27.